The van der Waals surface area contributed by atoms with Crippen LogP contribution in [0.15, 0.2) is 66.9 Å². The van der Waals surface area contributed by atoms with E-state index in [1.807, 2.05) is 65.6 Å². The number of ether oxygens (including phenoxy) is 1. The fraction of sp³-hybridized carbons (Fsp3) is 0.276. The molecule has 1 N–H and O–H groups in total. The third kappa shape index (κ3) is 4.18. The summed E-state index contributed by atoms with van der Waals surface area (Å²) in [6.45, 7) is 3.11. The second-order valence-electron chi connectivity index (χ2n) is 9.27. The number of carbonyl (C=O) groups is 1. The van der Waals surface area contributed by atoms with Gasteiger partial charge in [-0.15, -0.1) is 11.3 Å². The number of amides is 2. The lowest BCUT2D eigenvalue weighted by molar-refractivity contribution is 0.194. The molecule has 36 heavy (non-hydrogen) atoms. The summed E-state index contributed by atoms with van der Waals surface area (Å²) < 4.78 is 7.85. The van der Waals surface area contributed by atoms with Gasteiger partial charge in [-0.3, -0.25) is 0 Å². The van der Waals surface area contributed by atoms with Gasteiger partial charge in [0.05, 0.1) is 24.9 Å². The summed E-state index contributed by atoms with van der Waals surface area (Å²) in [6, 6.07) is 19.2. The van der Waals surface area contributed by atoms with E-state index in [2.05, 4.69) is 34.3 Å². The molecule has 0 unspecified atom stereocenters. The van der Waals surface area contributed by atoms with Gasteiger partial charge in [0.15, 0.2) is 0 Å². The molecule has 1 atom stereocenters. The molecule has 1 aliphatic heterocycles. The van der Waals surface area contributed by atoms with Gasteiger partial charge in [-0.05, 0) is 92.3 Å². The predicted molar refractivity (Wildman–Crippen MR) is 146 cm³/mol. The molecule has 7 heteroatoms. The maximum atomic E-state index is 14.0. The maximum absolute atomic E-state index is 14.0. The third-order valence-electron chi connectivity index (χ3n) is 7.02. The average molecular weight is 518 g/mol. The van der Waals surface area contributed by atoms with Crippen LogP contribution in [0.2, 0.25) is 5.02 Å². The number of halogens is 1. The van der Waals surface area contributed by atoms with Gasteiger partial charge in [0.1, 0.15) is 10.8 Å². The van der Waals surface area contributed by atoms with Crippen LogP contribution in [0.25, 0.3) is 5.00 Å². The highest BCUT2D eigenvalue weighted by atomic mass is 35.5. The first-order valence-electron chi connectivity index (χ1n) is 12.5. The summed E-state index contributed by atoms with van der Waals surface area (Å²) >= 11 is 8.32. The van der Waals surface area contributed by atoms with Crippen LogP contribution in [0, 0.1) is 0 Å². The third-order valence-corrected chi connectivity index (χ3v) is 8.59. The van der Waals surface area contributed by atoms with Crippen LogP contribution in [0.4, 0.5) is 10.5 Å². The highest BCUT2D eigenvalue weighted by molar-refractivity contribution is 7.15. The maximum Gasteiger partial charge on any atom is 0.322 e. The Labute approximate surface area is 220 Å². The molecule has 184 valence electrons. The number of aromatic nitrogens is 1. The number of fused-ring (bicyclic) bond motifs is 5. The van der Waals surface area contributed by atoms with Crippen LogP contribution in [0.1, 0.15) is 53.1 Å². The number of rotatable bonds is 4. The standard InChI is InChI=1S/C29H28ClN3O2S/c1-2-35-22-14-12-21(13-15-22)31-29(34)33-18-24-23-9-3-4-11-26(23)36-28(24)32-16-6-10-25(32)27(33)19-7-5-8-20(30)17-19/h5-8,10,12-17,27H,2-4,9,11,18H2,1H3,(H,31,34)/t27-/m0/s1. The van der Waals surface area contributed by atoms with E-state index >= 15 is 0 Å². The Kier molecular flexibility index (Phi) is 6.23. The van der Waals surface area contributed by atoms with Gasteiger partial charge in [0.25, 0.3) is 0 Å². The van der Waals surface area contributed by atoms with Gasteiger partial charge in [-0.2, -0.15) is 0 Å². The predicted octanol–water partition coefficient (Wildman–Crippen LogP) is 7.61. The zero-order valence-electron chi connectivity index (χ0n) is 20.2. The number of carbonyl (C=O) groups excluding carboxylic acids is 1. The Hall–Kier alpha value is -3.22. The minimum Gasteiger partial charge on any atom is -0.494 e. The first kappa shape index (κ1) is 23.2. The smallest absolute Gasteiger partial charge is 0.322 e. The van der Waals surface area contributed by atoms with E-state index in [-0.39, 0.29) is 12.1 Å². The second-order valence-corrected chi connectivity index (χ2v) is 10.8. The Balaban J connectivity index is 1.44. The SMILES string of the molecule is CCOc1ccc(NC(=O)N2Cc3c(sc4c3CCCC4)-n3cccc3[C@@H]2c2cccc(Cl)c2)cc1. The molecule has 1 aliphatic carbocycles. The van der Waals surface area contributed by atoms with Crippen molar-refractivity contribution in [2.24, 2.45) is 0 Å². The molecule has 2 aromatic heterocycles. The fourth-order valence-electron chi connectivity index (χ4n) is 5.41. The monoisotopic (exact) mass is 517 g/mol. The number of benzene rings is 2. The number of hydrogen-bond donors (Lipinski definition) is 1. The lowest BCUT2D eigenvalue weighted by Gasteiger charge is -2.31. The Bertz CT molecular complexity index is 1410. The van der Waals surface area contributed by atoms with Crippen LogP contribution in [-0.2, 0) is 19.4 Å². The zero-order valence-corrected chi connectivity index (χ0v) is 21.7. The molecular formula is C29H28ClN3O2S. The number of urea groups is 1. The molecule has 0 bridgehead atoms. The molecule has 4 aromatic rings. The number of nitrogens with one attached hydrogen (secondary N) is 1. The Morgan fingerprint density at radius 2 is 1.92 bits per heavy atom. The van der Waals surface area contributed by atoms with Crippen LogP contribution in [0.5, 0.6) is 5.75 Å². The number of nitrogens with zero attached hydrogens (tertiary/aromatic N) is 2. The van der Waals surface area contributed by atoms with Crippen molar-refractivity contribution in [2.45, 2.75) is 45.2 Å². The van der Waals surface area contributed by atoms with E-state index in [1.165, 1.54) is 33.8 Å². The van der Waals surface area contributed by atoms with Gasteiger partial charge in [0.2, 0.25) is 0 Å². The molecule has 2 aliphatic rings. The first-order valence-corrected chi connectivity index (χ1v) is 13.7. The second kappa shape index (κ2) is 9.68. The highest BCUT2D eigenvalue weighted by Crippen LogP contribution is 2.44. The van der Waals surface area contributed by atoms with Crippen molar-refractivity contribution in [3.8, 4) is 10.8 Å². The van der Waals surface area contributed by atoms with Crippen LogP contribution < -0.4 is 10.1 Å². The number of anilines is 1. The molecule has 0 radical (unpaired) electrons. The van der Waals surface area contributed by atoms with Gasteiger partial charge in [-0.25, -0.2) is 4.79 Å². The van der Waals surface area contributed by atoms with Crippen molar-refractivity contribution in [2.75, 3.05) is 11.9 Å². The zero-order chi connectivity index (χ0) is 24.6. The summed E-state index contributed by atoms with van der Waals surface area (Å²) in [4.78, 5) is 17.4. The first-order chi connectivity index (χ1) is 17.6. The number of hydrogen-bond acceptors (Lipinski definition) is 3. The van der Waals surface area contributed by atoms with E-state index in [0.717, 1.165) is 35.5 Å². The average Bonchev–Trinajstić information content (AvgIpc) is 3.47. The Morgan fingerprint density at radius 1 is 1.08 bits per heavy atom. The molecule has 3 heterocycles. The molecule has 6 rings (SSSR count). The highest BCUT2D eigenvalue weighted by Gasteiger charge is 2.36. The van der Waals surface area contributed by atoms with Crippen molar-refractivity contribution in [3.63, 3.8) is 0 Å². The van der Waals surface area contributed by atoms with E-state index < -0.39 is 0 Å². The molecule has 0 saturated carbocycles. The van der Waals surface area contributed by atoms with Crippen LogP contribution >= 0.6 is 22.9 Å². The summed E-state index contributed by atoms with van der Waals surface area (Å²) in [7, 11) is 0. The van der Waals surface area contributed by atoms with Crippen LogP contribution in [0.3, 0.4) is 0 Å². The summed E-state index contributed by atoms with van der Waals surface area (Å²) in [6.07, 6.45) is 6.76. The summed E-state index contributed by atoms with van der Waals surface area (Å²) in [5, 5.41) is 5.04. The molecule has 2 amide bonds. The Morgan fingerprint density at radius 3 is 2.72 bits per heavy atom. The van der Waals surface area contributed by atoms with Crippen molar-refractivity contribution in [1.82, 2.24) is 9.47 Å². The lowest BCUT2D eigenvalue weighted by atomic mass is 9.95. The summed E-state index contributed by atoms with van der Waals surface area (Å²) in [5.74, 6) is 0.787. The summed E-state index contributed by atoms with van der Waals surface area (Å²) in [5.41, 5.74) is 5.51. The largest absolute Gasteiger partial charge is 0.494 e. The molecule has 0 fully saturated rings. The molecule has 5 nitrogen and oxygen atoms in total. The van der Waals surface area contributed by atoms with Crippen molar-refractivity contribution >= 4 is 34.7 Å². The number of aryl methyl sites for hydroxylation is 1. The van der Waals surface area contributed by atoms with Gasteiger partial charge < -0.3 is 19.5 Å². The van der Waals surface area contributed by atoms with Gasteiger partial charge >= 0.3 is 6.03 Å². The normalized spacial score (nSPS) is 16.5. The molecular weight excluding hydrogens is 490 g/mol. The van der Waals surface area contributed by atoms with Gasteiger partial charge in [0, 0.05) is 27.3 Å². The topological polar surface area (TPSA) is 46.5 Å². The molecule has 2 aromatic carbocycles. The minimum atomic E-state index is -0.278. The minimum absolute atomic E-state index is 0.138. The van der Waals surface area contributed by atoms with E-state index in [4.69, 9.17) is 16.3 Å². The quantitative estimate of drug-likeness (QED) is 0.303. The number of thiophene rings is 1. The van der Waals surface area contributed by atoms with Crippen LogP contribution in [-0.4, -0.2) is 22.1 Å². The van der Waals surface area contributed by atoms with Crippen molar-refractivity contribution in [3.05, 3.63) is 99.1 Å². The fourth-order valence-corrected chi connectivity index (χ4v) is 7.01. The van der Waals surface area contributed by atoms with E-state index in [0.29, 0.717) is 18.2 Å². The lowest BCUT2D eigenvalue weighted by Crippen LogP contribution is -2.38. The van der Waals surface area contributed by atoms with E-state index in [1.54, 1.807) is 0 Å². The van der Waals surface area contributed by atoms with Crippen molar-refractivity contribution in [1.29, 1.82) is 0 Å². The molecule has 0 spiro atoms. The molecule has 0 saturated heterocycles. The van der Waals surface area contributed by atoms with E-state index in [9.17, 15) is 4.79 Å². The van der Waals surface area contributed by atoms with Crippen molar-refractivity contribution < 1.29 is 9.53 Å². The van der Waals surface area contributed by atoms with Gasteiger partial charge in [-0.1, -0.05) is 23.7 Å².